The lowest BCUT2D eigenvalue weighted by Crippen LogP contribution is -2.27. The maximum atomic E-state index is 11.5. The lowest BCUT2D eigenvalue weighted by atomic mass is 10.1. The molecule has 82 valence electrons. The Bertz CT molecular complexity index is 353. The number of rotatable bonds is 4. The van der Waals surface area contributed by atoms with Gasteiger partial charge in [-0.2, -0.15) is 0 Å². The highest BCUT2D eigenvalue weighted by molar-refractivity contribution is 5.99. The summed E-state index contributed by atoms with van der Waals surface area (Å²) in [4.78, 5) is 11.5. The Morgan fingerprint density at radius 2 is 2.33 bits per heavy atom. The van der Waals surface area contributed by atoms with Crippen molar-refractivity contribution in [1.29, 1.82) is 0 Å². The molecule has 0 radical (unpaired) electrons. The van der Waals surface area contributed by atoms with Crippen LogP contribution in [0.4, 0.5) is 5.69 Å². The van der Waals surface area contributed by atoms with Crippen LogP contribution < -0.4 is 15.8 Å². The molecule has 0 fully saturated rings. The number of amides is 1. The van der Waals surface area contributed by atoms with E-state index in [2.05, 4.69) is 5.32 Å². The van der Waals surface area contributed by atoms with Gasteiger partial charge in [0.15, 0.2) is 0 Å². The van der Waals surface area contributed by atoms with Crippen LogP contribution in [0.25, 0.3) is 0 Å². The number of nitrogen functional groups attached to an aromatic ring is 1. The average Bonchev–Trinajstić information content (AvgIpc) is 2.25. The molecule has 0 aliphatic rings. The molecule has 1 rings (SSSR count). The lowest BCUT2D eigenvalue weighted by molar-refractivity contribution is 0.0945. The maximum Gasteiger partial charge on any atom is 0.253 e. The Kier molecular flexibility index (Phi) is 3.93. The van der Waals surface area contributed by atoms with Crippen molar-refractivity contribution < 1.29 is 14.6 Å². The van der Waals surface area contributed by atoms with Gasteiger partial charge in [-0.05, 0) is 12.1 Å². The Balaban J connectivity index is 2.81. The highest BCUT2D eigenvalue weighted by atomic mass is 16.5. The molecule has 0 saturated carbocycles. The van der Waals surface area contributed by atoms with Gasteiger partial charge < -0.3 is 20.9 Å². The molecule has 0 heterocycles. The number of benzene rings is 1. The van der Waals surface area contributed by atoms with Gasteiger partial charge in [-0.1, -0.05) is 0 Å². The molecule has 0 bridgehead atoms. The molecule has 0 unspecified atom stereocenters. The van der Waals surface area contributed by atoms with Crippen LogP contribution >= 0.6 is 0 Å². The van der Waals surface area contributed by atoms with Gasteiger partial charge in [0.2, 0.25) is 0 Å². The van der Waals surface area contributed by atoms with Crippen LogP contribution in [0.15, 0.2) is 18.2 Å². The quantitative estimate of drug-likeness (QED) is 0.611. The van der Waals surface area contributed by atoms with E-state index in [0.29, 0.717) is 17.0 Å². The number of ether oxygens (including phenoxy) is 1. The molecule has 0 aliphatic heterocycles. The third-order valence-corrected chi connectivity index (χ3v) is 1.90. The zero-order valence-corrected chi connectivity index (χ0v) is 8.49. The van der Waals surface area contributed by atoms with E-state index < -0.39 is 0 Å². The largest absolute Gasteiger partial charge is 0.497 e. The smallest absolute Gasteiger partial charge is 0.253 e. The van der Waals surface area contributed by atoms with Crippen molar-refractivity contribution in [2.75, 3.05) is 26.0 Å². The fourth-order valence-corrected chi connectivity index (χ4v) is 1.14. The lowest BCUT2D eigenvalue weighted by Gasteiger charge is -2.07. The molecular formula is C10H14N2O3. The number of nitrogens with one attached hydrogen (secondary N) is 1. The maximum absolute atomic E-state index is 11.5. The Hall–Kier alpha value is -1.75. The van der Waals surface area contributed by atoms with Crippen molar-refractivity contribution in [1.82, 2.24) is 5.32 Å². The van der Waals surface area contributed by atoms with Gasteiger partial charge >= 0.3 is 0 Å². The minimum Gasteiger partial charge on any atom is -0.497 e. The summed E-state index contributed by atoms with van der Waals surface area (Å²) in [6.45, 7) is 0.117. The fourth-order valence-electron chi connectivity index (χ4n) is 1.14. The van der Waals surface area contributed by atoms with Gasteiger partial charge in [0.25, 0.3) is 5.91 Å². The standard InChI is InChI=1S/C10H14N2O3/c1-15-7-2-3-8(9(11)6-7)10(14)12-4-5-13/h2-3,6,13H,4-5,11H2,1H3,(H,12,14). The minimum absolute atomic E-state index is 0.0954. The number of nitrogens with two attached hydrogens (primary N) is 1. The Labute approximate surface area is 87.9 Å². The number of anilines is 1. The first-order valence-corrected chi connectivity index (χ1v) is 4.51. The zero-order valence-electron chi connectivity index (χ0n) is 8.49. The summed E-state index contributed by atoms with van der Waals surface area (Å²) in [5.41, 5.74) is 6.40. The van der Waals surface area contributed by atoms with Gasteiger partial charge in [0.05, 0.1) is 19.3 Å². The molecule has 1 aromatic carbocycles. The van der Waals surface area contributed by atoms with Crippen molar-refractivity contribution in [3.8, 4) is 5.75 Å². The SMILES string of the molecule is COc1ccc(C(=O)NCCO)c(N)c1. The van der Waals surface area contributed by atoms with E-state index >= 15 is 0 Å². The molecule has 0 saturated heterocycles. The fraction of sp³-hybridized carbons (Fsp3) is 0.300. The van der Waals surface area contributed by atoms with Crippen molar-refractivity contribution in [2.24, 2.45) is 0 Å². The summed E-state index contributed by atoms with van der Waals surface area (Å²) < 4.78 is 4.96. The number of aliphatic hydroxyl groups excluding tert-OH is 1. The molecule has 5 nitrogen and oxygen atoms in total. The van der Waals surface area contributed by atoms with Gasteiger partial charge in [0, 0.05) is 18.3 Å². The van der Waals surface area contributed by atoms with Gasteiger partial charge in [-0.3, -0.25) is 4.79 Å². The summed E-state index contributed by atoms with van der Waals surface area (Å²) in [5, 5.41) is 11.1. The number of methoxy groups -OCH3 is 1. The van der Waals surface area contributed by atoms with E-state index in [1.165, 1.54) is 7.11 Å². The summed E-state index contributed by atoms with van der Waals surface area (Å²) in [6, 6.07) is 4.82. The molecule has 15 heavy (non-hydrogen) atoms. The first kappa shape index (κ1) is 11.3. The van der Waals surface area contributed by atoms with Crippen LogP contribution in [-0.2, 0) is 0 Å². The second kappa shape index (κ2) is 5.21. The summed E-state index contributed by atoms with van der Waals surface area (Å²) in [7, 11) is 1.53. The van der Waals surface area contributed by atoms with Crippen LogP contribution in [0.2, 0.25) is 0 Å². The van der Waals surface area contributed by atoms with E-state index in [1.807, 2.05) is 0 Å². The molecular weight excluding hydrogens is 196 g/mol. The minimum atomic E-state index is -0.302. The van der Waals surface area contributed by atoms with E-state index in [9.17, 15) is 4.79 Å². The van der Waals surface area contributed by atoms with Gasteiger partial charge in [-0.25, -0.2) is 0 Å². The van der Waals surface area contributed by atoms with Crippen LogP contribution in [0.1, 0.15) is 10.4 Å². The van der Waals surface area contributed by atoms with E-state index in [4.69, 9.17) is 15.6 Å². The van der Waals surface area contributed by atoms with Crippen molar-refractivity contribution in [3.63, 3.8) is 0 Å². The highest BCUT2D eigenvalue weighted by Gasteiger charge is 2.09. The summed E-state index contributed by atoms with van der Waals surface area (Å²) in [5.74, 6) is 0.301. The predicted octanol–water partition coefficient (Wildman–Crippen LogP) is -0.000500. The van der Waals surface area contributed by atoms with E-state index in [-0.39, 0.29) is 19.1 Å². The third-order valence-electron chi connectivity index (χ3n) is 1.90. The number of carbonyl (C=O) groups is 1. The molecule has 1 amide bonds. The molecule has 0 aromatic heterocycles. The molecule has 0 atom stereocenters. The first-order chi connectivity index (χ1) is 7.19. The molecule has 1 aromatic rings. The highest BCUT2D eigenvalue weighted by Crippen LogP contribution is 2.19. The Morgan fingerprint density at radius 3 is 2.87 bits per heavy atom. The topological polar surface area (TPSA) is 84.6 Å². The van der Waals surface area contributed by atoms with Crippen molar-refractivity contribution in [3.05, 3.63) is 23.8 Å². The van der Waals surface area contributed by atoms with Crippen LogP contribution in [0.3, 0.4) is 0 Å². The van der Waals surface area contributed by atoms with Gasteiger partial charge in [0.1, 0.15) is 5.75 Å². The monoisotopic (exact) mass is 210 g/mol. The van der Waals surface area contributed by atoms with Gasteiger partial charge in [-0.15, -0.1) is 0 Å². The van der Waals surface area contributed by atoms with Crippen molar-refractivity contribution in [2.45, 2.75) is 0 Å². The molecule has 0 spiro atoms. The number of hydrogen-bond acceptors (Lipinski definition) is 4. The third kappa shape index (κ3) is 2.85. The van der Waals surface area contributed by atoms with Crippen LogP contribution in [0.5, 0.6) is 5.75 Å². The van der Waals surface area contributed by atoms with Crippen LogP contribution in [0, 0.1) is 0 Å². The Morgan fingerprint density at radius 1 is 1.60 bits per heavy atom. The first-order valence-electron chi connectivity index (χ1n) is 4.51. The zero-order chi connectivity index (χ0) is 11.3. The summed E-state index contributed by atoms with van der Waals surface area (Å²) in [6.07, 6.45) is 0. The van der Waals surface area contributed by atoms with Crippen molar-refractivity contribution >= 4 is 11.6 Å². The van der Waals surface area contributed by atoms with E-state index in [1.54, 1.807) is 18.2 Å². The normalized spacial score (nSPS) is 9.73. The van der Waals surface area contributed by atoms with E-state index in [0.717, 1.165) is 0 Å². The number of hydrogen-bond donors (Lipinski definition) is 3. The predicted molar refractivity (Wildman–Crippen MR) is 56.8 cm³/mol. The second-order valence-corrected chi connectivity index (χ2v) is 2.93. The molecule has 4 N–H and O–H groups in total. The number of aliphatic hydroxyl groups is 1. The second-order valence-electron chi connectivity index (χ2n) is 2.93. The molecule has 0 aliphatic carbocycles. The average molecular weight is 210 g/mol. The van der Waals surface area contributed by atoms with Crippen LogP contribution in [-0.4, -0.2) is 31.3 Å². The summed E-state index contributed by atoms with van der Waals surface area (Å²) >= 11 is 0. The molecule has 5 heteroatoms. The number of carbonyl (C=O) groups excluding carboxylic acids is 1.